The predicted octanol–water partition coefficient (Wildman–Crippen LogP) is 5.67. The number of para-hydroxylation sites is 2. The maximum atomic E-state index is 13.7. The Morgan fingerprint density at radius 3 is 1.38 bits per heavy atom. The molecular weight excluding hydrogens is 396 g/mol. The number of nitrogens with zero attached hydrogens (tertiary/aromatic N) is 2. The SMILES string of the molecule is O=C1c2ccc3c4c(ccc(c24)C2=Nc4ccccc4[C@H]12)C1=Nc2ccccc2[C@H]1C3=O. The van der Waals surface area contributed by atoms with Crippen molar-refractivity contribution in [1.82, 2.24) is 0 Å². The fourth-order valence-electron chi connectivity index (χ4n) is 5.96. The van der Waals surface area contributed by atoms with E-state index in [-0.39, 0.29) is 23.4 Å². The number of hydrogen-bond acceptors (Lipinski definition) is 4. The van der Waals surface area contributed by atoms with Crippen LogP contribution in [0, 0.1) is 0 Å². The fourth-order valence-corrected chi connectivity index (χ4v) is 5.96. The maximum Gasteiger partial charge on any atom is 0.177 e. The van der Waals surface area contributed by atoms with Gasteiger partial charge in [-0.1, -0.05) is 48.5 Å². The summed E-state index contributed by atoms with van der Waals surface area (Å²) in [5.74, 6) is -0.650. The number of carbonyl (C=O) groups is 2. The molecule has 8 rings (SSSR count). The minimum Gasteiger partial charge on any atom is -0.293 e. The zero-order chi connectivity index (χ0) is 21.1. The van der Waals surface area contributed by atoms with Crippen LogP contribution in [0.4, 0.5) is 11.4 Å². The molecule has 32 heavy (non-hydrogen) atoms. The van der Waals surface area contributed by atoms with Crippen molar-refractivity contribution in [3.05, 3.63) is 106 Å². The van der Waals surface area contributed by atoms with E-state index in [0.29, 0.717) is 11.1 Å². The summed E-state index contributed by atoms with van der Waals surface area (Å²) in [6.45, 7) is 0. The summed E-state index contributed by atoms with van der Waals surface area (Å²) >= 11 is 0. The van der Waals surface area contributed by atoms with E-state index in [0.717, 1.165) is 55.8 Å². The summed E-state index contributed by atoms with van der Waals surface area (Å²) in [5, 5.41) is 1.69. The van der Waals surface area contributed by atoms with Gasteiger partial charge in [0, 0.05) is 33.0 Å². The predicted molar refractivity (Wildman–Crippen MR) is 123 cm³/mol. The normalized spacial score (nSPS) is 21.0. The minimum absolute atomic E-state index is 0.0520. The first kappa shape index (κ1) is 16.5. The van der Waals surface area contributed by atoms with Gasteiger partial charge in [-0.3, -0.25) is 19.6 Å². The third kappa shape index (κ3) is 1.73. The van der Waals surface area contributed by atoms with Crippen molar-refractivity contribution >= 4 is 45.1 Å². The molecule has 0 unspecified atom stereocenters. The molecule has 2 aliphatic carbocycles. The first-order valence-electron chi connectivity index (χ1n) is 10.8. The van der Waals surface area contributed by atoms with E-state index in [1.165, 1.54) is 0 Å². The van der Waals surface area contributed by atoms with Crippen molar-refractivity contribution in [2.75, 3.05) is 0 Å². The molecule has 0 saturated heterocycles. The van der Waals surface area contributed by atoms with Gasteiger partial charge in [-0.15, -0.1) is 0 Å². The molecule has 0 spiro atoms. The number of benzene rings is 4. The summed E-state index contributed by atoms with van der Waals surface area (Å²) in [7, 11) is 0. The molecule has 4 aliphatic rings. The minimum atomic E-state index is -0.377. The highest BCUT2D eigenvalue weighted by Gasteiger charge is 2.44. The molecule has 0 aromatic heterocycles. The number of carbonyl (C=O) groups excluding carboxylic acids is 2. The summed E-state index contributed by atoms with van der Waals surface area (Å²) in [5.41, 5.74) is 8.43. The van der Waals surface area contributed by atoms with Crippen LogP contribution in [0.1, 0.15) is 54.8 Å². The Balaban J connectivity index is 1.46. The molecule has 4 aromatic carbocycles. The van der Waals surface area contributed by atoms with Gasteiger partial charge in [0.1, 0.15) is 0 Å². The molecule has 4 heteroatoms. The molecule has 4 aromatic rings. The lowest BCUT2D eigenvalue weighted by Crippen LogP contribution is -2.30. The van der Waals surface area contributed by atoms with Crippen LogP contribution in [0.2, 0.25) is 0 Å². The summed E-state index contributed by atoms with van der Waals surface area (Å²) < 4.78 is 0. The third-order valence-corrected chi connectivity index (χ3v) is 7.29. The van der Waals surface area contributed by atoms with Gasteiger partial charge in [0.05, 0.1) is 34.6 Å². The van der Waals surface area contributed by atoms with Crippen molar-refractivity contribution < 1.29 is 9.59 Å². The number of Topliss-reactive ketones (excluding diaryl/α,β-unsaturated/α-hetero) is 2. The molecule has 0 bridgehead atoms. The zero-order valence-corrected chi connectivity index (χ0v) is 16.8. The smallest absolute Gasteiger partial charge is 0.177 e. The van der Waals surface area contributed by atoms with E-state index < -0.39 is 0 Å². The van der Waals surface area contributed by atoms with Gasteiger partial charge in [-0.2, -0.15) is 0 Å². The topological polar surface area (TPSA) is 58.9 Å². The molecule has 0 fully saturated rings. The van der Waals surface area contributed by atoms with Gasteiger partial charge in [0.25, 0.3) is 0 Å². The van der Waals surface area contributed by atoms with E-state index in [9.17, 15) is 9.59 Å². The van der Waals surface area contributed by atoms with Crippen LogP contribution >= 0.6 is 0 Å². The number of ketones is 2. The third-order valence-electron chi connectivity index (χ3n) is 7.29. The fraction of sp³-hybridized carbons (Fsp3) is 0.0714. The van der Waals surface area contributed by atoms with Crippen molar-refractivity contribution in [1.29, 1.82) is 0 Å². The summed E-state index contributed by atoms with van der Waals surface area (Å²) in [6.07, 6.45) is 0. The lowest BCUT2D eigenvalue weighted by molar-refractivity contribution is 0.0973. The Morgan fingerprint density at radius 1 is 0.500 bits per heavy atom. The van der Waals surface area contributed by atoms with E-state index in [2.05, 4.69) is 12.1 Å². The second kappa shape index (κ2) is 5.35. The molecule has 148 valence electrons. The molecule has 2 atom stereocenters. The lowest BCUT2D eigenvalue weighted by Gasteiger charge is -2.29. The van der Waals surface area contributed by atoms with Crippen LogP contribution in [0.25, 0.3) is 10.8 Å². The van der Waals surface area contributed by atoms with E-state index in [1.807, 2.05) is 60.7 Å². The highest BCUT2D eigenvalue weighted by atomic mass is 16.1. The zero-order valence-electron chi connectivity index (χ0n) is 16.8. The molecule has 0 saturated carbocycles. The van der Waals surface area contributed by atoms with Crippen molar-refractivity contribution in [2.45, 2.75) is 11.8 Å². The van der Waals surface area contributed by atoms with Crippen LogP contribution in [0.3, 0.4) is 0 Å². The largest absolute Gasteiger partial charge is 0.293 e. The van der Waals surface area contributed by atoms with Crippen molar-refractivity contribution in [3.8, 4) is 0 Å². The Hall–Kier alpha value is -4.18. The van der Waals surface area contributed by atoms with Crippen molar-refractivity contribution in [2.24, 2.45) is 9.98 Å². The van der Waals surface area contributed by atoms with Gasteiger partial charge in [0.15, 0.2) is 11.6 Å². The van der Waals surface area contributed by atoms with E-state index in [4.69, 9.17) is 9.98 Å². The average Bonchev–Trinajstić information content (AvgIpc) is 3.40. The molecule has 4 nitrogen and oxygen atoms in total. The second-order valence-electron chi connectivity index (χ2n) is 8.78. The van der Waals surface area contributed by atoms with E-state index >= 15 is 0 Å². The Labute approximate surface area is 183 Å². The highest BCUT2D eigenvalue weighted by Crippen LogP contribution is 2.50. The van der Waals surface area contributed by atoms with Crippen LogP contribution in [-0.4, -0.2) is 23.0 Å². The van der Waals surface area contributed by atoms with Gasteiger partial charge in [0.2, 0.25) is 0 Å². The molecule has 0 radical (unpaired) electrons. The molecule has 0 amide bonds. The van der Waals surface area contributed by atoms with Gasteiger partial charge in [-0.25, -0.2) is 0 Å². The second-order valence-corrected chi connectivity index (χ2v) is 8.78. The van der Waals surface area contributed by atoms with Gasteiger partial charge in [-0.05, 0) is 35.4 Å². The van der Waals surface area contributed by atoms with Crippen LogP contribution in [-0.2, 0) is 0 Å². The first-order valence-corrected chi connectivity index (χ1v) is 10.8. The first-order chi connectivity index (χ1) is 15.7. The molecular formula is C28H14N2O2. The van der Waals surface area contributed by atoms with Crippen LogP contribution < -0.4 is 0 Å². The maximum absolute atomic E-state index is 13.7. The number of hydrogen-bond donors (Lipinski definition) is 0. The van der Waals surface area contributed by atoms with Crippen molar-refractivity contribution in [3.63, 3.8) is 0 Å². The molecule has 0 N–H and O–H groups in total. The number of fused-ring (bicyclic) bond motifs is 8. The number of aliphatic imine (C=N–C) groups is 2. The van der Waals surface area contributed by atoms with Crippen LogP contribution in [0.5, 0.6) is 0 Å². The summed E-state index contributed by atoms with van der Waals surface area (Å²) in [4.78, 5) is 37.0. The highest BCUT2D eigenvalue weighted by molar-refractivity contribution is 6.41. The standard InChI is InChI=1S/C28H14N2O2/c31-27-17-11-12-18-22-16(26-24(28(18)32)14-6-2-4-8-20(14)30-26)10-9-15(21(17)22)25-23(27)13-5-1-3-7-19(13)29-25/h1-12,23-24H/t23-,24+. The Kier molecular flexibility index (Phi) is 2.76. The lowest BCUT2D eigenvalue weighted by atomic mass is 9.71. The molecule has 2 aliphatic heterocycles. The monoisotopic (exact) mass is 410 g/mol. The van der Waals surface area contributed by atoms with Gasteiger partial charge >= 0.3 is 0 Å². The summed E-state index contributed by atoms with van der Waals surface area (Å²) in [6, 6.07) is 23.5. The van der Waals surface area contributed by atoms with Gasteiger partial charge < -0.3 is 0 Å². The Morgan fingerprint density at radius 2 is 0.906 bits per heavy atom. The number of rotatable bonds is 0. The quantitative estimate of drug-likeness (QED) is 0.375. The van der Waals surface area contributed by atoms with Crippen LogP contribution in [0.15, 0.2) is 82.8 Å². The Bertz CT molecular complexity index is 1550. The molecule has 2 heterocycles. The average molecular weight is 410 g/mol. The van der Waals surface area contributed by atoms with E-state index in [1.54, 1.807) is 0 Å².